The largest absolute Gasteiger partial charge is 0.487 e. The van der Waals surface area contributed by atoms with Gasteiger partial charge in [-0.2, -0.15) is 0 Å². The second kappa shape index (κ2) is 5.05. The van der Waals surface area contributed by atoms with Gasteiger partial charge in [-0.05, 0) is 31.2 Å². The van der Waals surface area contributed by atoms with Crippen LogP contribution >= 0.6 is 15.9 Å². The molecule has 96 valence electrons. The van der Waals surface area contributed by atoms with Crippen molar-refractivity contribution in [1.82, 2.24) is 9.38 Å². The van der Waals surface area contributed by atoms with E-state index in [0.29, 0.717) is 6.61 Å². The predicted molar refractivity (Wildman–Crippen MR) is 78.4 cm³/mol. The normalized spacial score (nSPS) is 10.8. The predicted octanol–water partition coefficient (Wildman–Crippen LogP) is 3.98. The molecule has 0 saturated heterocycles. The second-order valence-electron chi connectivity index (χ2n) is 4.42. The number of benzene rings is 1. The molecule has 19 heavy (non-hydrogen) atoms. The van der Waals surface area contributed by atoms with Gasteiger partial charge in [0.1, 0.15) is 18.0 Å². The lowest BCUT2D eigenvalue weighted by molar-refractivity contribution is 0.300. The number of hydrogen-bond donors (Lipinski definition) is 0. The molecule has 0 fully saturated rings. The molecule has 0 spiro atoms. The molecule has 0 radical (unpaired) electrons. The van der Waals surface area contributed by atoms with Gasteiger partial charge in [-0.15, -0.1) is 0 Å². The van der Waals surface area contributed by atoms with Crippen LogP contribution in [-0.2, 0) is 6.61 Å². The van der Waals surface area contributed by atoms with Crippen molar-refractivity contribution in [3.8, 4) is 5.75 Å². The molecular weight excluding hydrogens is 304 g/mol. The van der Waals surface area contributed by atoms with Crippen molar-refractivity contribution in [3.05, 3.63) is 64.5 Å². The van der Waals surface area contributed by atoms with E-state index in [4.69, 9.17) is 4.74 Å². The summed E-state index contributed by atoms with van der Waals surface area (Å²) >= 11 is 3.44. The molecule has 0 unspecified atom stereocenters. The van der Waals surface area contributed by atoms with E-state index in [0.717, 1.165) is 21.6 Å². The number of rotatable bonds is 3. The van der Waals surface area contributed by atoms with Gasteiger partial charge in [0.05, 0.1) is 11.9 Å². The average molecular weight is 317 g/mol. The van der Waals surface area contributed by atoms with Crippen LogP contribution in [0.5, 0.6) is 5.75 Å². The van der Waals surface area contributed by atoms with Crippen molar-refractivity contribution in [2.75, 3.05) is 0 Å². The highest BCUT2D eigenvalue weighted by molar-refractivity contribution is 9.10. The van der Waals surface area contributed by atoms with E-state index in [-0.39, 0.29) is 0 Å². The Kier molecular flexibility index (Phi) is 3.25. The van der Waals surface area contributed by atoms with Crippen molar-refractivity contribution in [2.45, 2.75) is 13.5 Å². The van der Waals surface area contributed by atoms with Gasteiger partial charge in [-0.25, -0.2) is 4.98 Å². The van der Waals surface area contributed by atoms with Crippen LogP contribution in [0.25, 0.3) is 5.65 Å². The molecule has 1 aromatic carbocycles. The van der Waals surface area contributed by atoms with E-state index >= 15 is 0 Å². The number of ether oxygens (including phenoxy) is 1. The van der Waals surface area contributed by atoms with E-state index in [1.54, 1.807) is 0 Å². The smallest absolute Gasteiger partial charge is 0.138 e. The second-order valence-corrected chi connectivity index (χ2v) is 5.34. The Bertz CT molecular complexity index is 704. The molecule has 3 nitrogen and oxygen atoms in total. The molecule has 0 aliphatic heterocycles. The van der Waals surface area contributed by atoms with Crippen LogP contribution in [0.1, 0.15) is 11.3 Å². The molecule has 3 aromatic rings. The fraction of sp³-hybridized carbons (Fsp3) is 0.133. The van der Waals surface area contributed by atoms with Crippen LogP contribution in [0.15, 0.2) is 53.3 Å². The molecule has 0 aliphatic rings. The van der Waals surface area contributed by atoms with Gasteiger partial charge in [-0.3, -0.25) is 0 Å². The molecule has 0 atom stereocenters. The first-order chi connectivity index (χ1) is 9.22. The zero-order chi connectivity index (χ0) is 13.2. The minimum atomic E-state index is 0.506. The highest BCUT2D eigenvalue weighted by Gasteiger charge is 2.04. The van der Waals surface area contributed by atoms with E-state index in [9.17, 15) is 0 Å². The summed E-state index contributed by atoms with van der Waals surface area (Å²) < 4.78 is 8.82. The van der Waals surface area contributed by atoms with Crippen LogP contribution in [0.4, 0.5) is 0 Å². The maximum atomic E-state index is 5.77. The SMILES string of the molecule is Cc1ccc(OCc2cnc3cc(Br)ccn23)cc1. The van der Waals surface area contributed by atoms with Gasteiger partial charge in [0, 0.05) is 10.7 Å². The number of fused-ring (bicyclic) bond motifs is 1. The number of hydrogen-bond acceptors (Lipinski definition) is 2. The maximum Gasteiger partial charge on any atom is 0.138 e. The first-order valence-corrected chi connectivity index (χ1v) is 6.82. The Balaban J connectivity index is 1.80. The summed E-state index contributed by atoms with van der Waals surface area (Å²) in [6.45, 7) is 2.57. The van der Waals surface area contributed by atoms with Gasteiger partial charge in [0.15, 0.2) is 0 Å². The highest BCUT2D eigenvalue weighted by atomic mass is 79.9. The Morgan fingerprint density at radius 2 is 2.00 bits per heavy atom. The van der Waals surface area contributed by atoms with Crippen LogP contribution in [0, 0.1) is 6.92 Å². The standard InChI is InChI=1S/C15H13BrN2O/c1-11-2-4-14(5-3-11)19-10-13-9-17-15-8-12(16)6-7-18(13)15/h2-9H,10H2,1H3. The third-order valence-corrected chi connectivity index (χ3v) is 3.45. The molecule has 2 heterocycles. The molecule has 2 aromatic heterocycles. The molecule has 0 aliphatic carbocycles. The third kappa shape index (κ3) is 2.63. The summed E-state index contributed by atoms with van der Waals surface area (Å²) in [5, 5.41) is 0. The summed E-state index contributed by atoms with van der Waals surface area (Å²) in [7, 11) is 0. The molecule has 0 saturated carbocycles. The van der Waals surface area contributed by atoms with Gasteiger partial charge in [0.25, 0.3) is 0 Å². The zero-order valence-electron chi connectivity index (χ0n) is 10.5. The van der Waals surface area contributed by atoms with Gasteiger partial charge in [-0.1, -0.05) is 33.6 Å². The zero-order valence-corrected chi connectivity index (χ0v) is 12.1. The van der Waals surface area contributed by atoms with Crippen LogP contribution < -0.4 is 4.74 Å². The highest BCUT2D eigenvalue weighted by Crippen LogP contribution is 2.17. The lowest BCUT2D eigenvalue weighted by Crippen LogP contribution is -1.99. The Morgan fingerprint density at radius 1 is 1.21 bits per heavy atom. The van der Waals surface area contributed by atoms with Crippen LogP contribution in [-0.4, -0.2) is 9.38 Å². The first-order valence-electron chi connectivity index (χ1n) is 6.03. The lowest BCUT2D eigenvalue weighted by atomic mass is 10.2. The van der Waals surface area contributed by atoms with Crippen molar-refractivity contribution >= 4 is 21.6 Å². The van der Waals surface area contributed by atoms with Crippen molar-refractivity contribution in [2.24, 2.45) is 0 Å². The van der Waals surface area contributed by atoms with Crippen molar-refractivity contribution < 1.29 is 4.74 Å². The van der Waals surface area contributed by atoms with E-state index in [2.05, 4.69) is 27.8 Å². The van der Waals surface area contributed by atoms with Crippen molar-refractivity contribution in [3.63, 3.8) is 0 Å². The summed E-state index contributed by atoms with van der Waals surface area (Å²) in [5.74, 6) is 0.873. The number of aryl methyl sites for hydroxylation is 1. The number of nitrogens with zero attached hydrogens (tertiary/aromatic N) is 2. The Labute approximate surface area is 120 Å². The van der Waals surface area contributed by atoms with Gasteiger partial charge < -0.3 is 9.14 Å². The van der Waals surface area contributed by atoms with E-state index in [1.165, 1.54) is 5.56 Å². The summed E-state index contributed by atoms with van der Waals surface area (Å²) in [6.07, 6.45) is 3.83. The topological polar surface area (TPSA) is 26.5 Å². The molecule has 0 N–H and O–H groups in total. The van der Waals surface area contributed by atoms with Crippen molar-refractivity contribution in [1.29, 1.82) is 0 Å². The van der Waals surface area contributed by atoms with E-state index < -0.39 is 0 Å². The Hall–Kier alpha value is -1.81. The molecular formula is C15H13BrN2O. The third-order valence-electron chi connectivity index (χ3n) is 2.96. The minimum Gasteiger partial charge on any atom is -0.487 e. The monoisotopic (exact) mass is 316 g/mol. The van der Waals surface area contributed by atoms with Gasteiger partial charge >= 0.3 is 0 Å². The number of imidazole rings is 1. The quantitative estimate of drug-likeness (QED) is 0.730. The average Bonchev–Trinajstić information content (AvgIpc) is 2.80. The molecule has 0 bridgehead atoms. The van der Waals surface area contributed by atoms with Crippen LogP contribution in [0.3, 0.4) is 0 Å². The van der Waals surface area contributed by atoms with Gasteiger partial charge in [0.2, 0.25) is 0 Å². The number of halogens is 1. The van der Waals surface area contributed by atoms with Crippen LogP contribution in [0.2, 0.25) is 0 Å². The summed E-state index contributed by atoms with van der Waals surface area (Å²) in [6, 6.07) is 12.0. The fourth-order valence-corrected chi connectivity index (χ4v) is 2.23. The Morgan fingerprint density at radius 3 is 2.79 bits per heavy atom. The van der Waals surface area contributed by atoms with E-state index in [1.807, 2.05) is 53.2 Å². The summed E-state index contributed by atoms with van der Waals surface area (Å²) in [4.78, 5) is 4.36. The first kappa shape index (κ1) is 12.2. The summed E-state index contributed by atoms with van der Waals surface area (Å²) in [5.41, 5.74) is 3.17. The molecule has 3 rings (SSSR count). The maximum absolute atomic E-state index is 5.77. The number of aromatic nitrogens is 2. The molecule has 4 heteroatoms. The fourth-order valence-electron chi connectivity index (χ4n) is 1.91. The lowest BCUT2D eigenvalue weighted by Gasteiger charge is -2.06. The molecule has 0 amide bonds. The number of pyridine rings is 1. The minimum absolute atomic E-state index is 0.506.